The molecular weight excluding hydrogens is 328 g/mol. The Hall–Kier alpha value is -1.71. The van der Waals surface area contributed by atoms with E-state index in [0.717, 1.165) is 6.42 Å². The van der Waals surface area contributed by atoms with E-state index in [1.54, 1.807) is 0 Å². The van der Waals surface area contributed by atoms with Crippen LogP contribution in [0.4, 0.5) is 0 Å². The molecule has 0 heterocycles. The maximum Gasteiger partial charge on any atom is 0.326 e. The van der Waals surface area contributed by atoms with Crippen molar-refractivity contribution in [2.45, 2.75) is 70.7 Å². The summed E-state index contributed by atoms with van der Waals surface area (Å²) in [5.41, 5.74) is 11.1. The van der Waals surface area contributed by atoms with Gasteiger partial charge in [0.2, 0.25) is 11.8 Å². The number of aliphatic hydroxyl groups is 1. The van der Waals surface area contributed by atoms with Crippen LogP contribution in [0.2, 0.25) is 0 Å². The molecule has 9 nitrogen and oxygen atoms in total. The number of carboxylic acid groups (broad SMARTS) is 1. The largest absolute Gasteiger partial charge is 0.480 e. The molecule has 4 unspecified atom stereocenters. The van der Waals surface area contributed by atoms with Crippen molar-refractivity contribution in [1.29, 1.82) is 0 Å². The fourth-order valence-electron chi connectivity index (χ4n) is 2.26. The normalized spacial score (nSPS) is 16.0. The van der Waals surface area contributed by atoms with E-state index in [-0.39, 0.29) is 12.3 Å². The number of aliphatic carboxylic acids is 1. The van der Waals surface area contributed by atoms with Gasteiger partial charge in [-0.05, 0) is 38.6 Å². The van der Waals surface area contributed by atoms with E-state index >= 15 is 0 Å². The Morgan fingerprint density at radius 1 is 1.04 bits per heavy atom. The Balaban J connectivity index is 4.83. The van der Waals surface area contributed by atoms with Crippen molar-refractivity contribution in [3.63, 3.8) is 0 Å². The molecule has 0 aliphatic rings. The van der Waals surface area contributed by atoms with E-state index in [9.17, 15) is 24.6 Å². The zero-order valence-corrected chi connectivity index (χ0v) is 15.2. The minimum atomic E-state index is -1.28. The van der Waals surface area contributed by atoms with Gasteiger partial charge in [-0.2, -0.15) is 0 Å². The second-order valence-corrected chi connectivity index (χ2v) is 6.65. The SMILES string of the molecule is CC(C)CC(NC(=O)C(NC(=O)C(N)CCCCN)C(C)O)C(=O)O. The molecule has 0 spiro atoms. The van der Waals surface area contributed by atoms with Crippen molar-refractivity contribution >= 4 is 17.8 Å². The van der Waals surface area contributed by atoms with Gasteiger partial charge in [0.1, 0.15) is 12.1 Å². The monoisotopic (exact) mass is 360 g/mol. The minimum Gasteiger partial charge on any atom is -0.480 e. The molecule has 0 fully saturated rings. The number of amides is 2. The summed E-state index contributed by atoms with van der Waals surface area (Å²) in [5.74, 6) is -2.45. The summed E-state index contributed by atoms with van der Waals surface area (Å²) < 4.78 is 0. The van der Waals surface area contributed by atoms with Crippen molar-refractivity contribution < 1.29 is 24.6 Å². The van der Waals surface area contributed by atoms with E-state index in [2.05, 4.69) is 10.6 Å². The molecule has 0 aromatic rings. The summed E-state index contributed by atoms with van der Waals surface area (Å²) in [7, 11) is 0. The van der Waals surface area contributed by atoms with Crippen LogP contribution in [0.1, 0.15) is 46.5 Å². The Labute approximate surface area is 148 Å². The molecule has 4 atom stereocenters. The van der Waals surface area contributed by atoms with Gasteiger partial charge < -0.3 is 32.3 Å². The number of carbonyl (C=O) groups excluding carboxylic acids is 2. The van der Waals surface area contributed by atoms with Crippen LogP contribution in [-0.2, 0) is 14.4 Å². The van der Waals surface area contributed by atoms with Crippen LogP contribution in [0.25, 0.3) is 0 Å². The number of carbonyl (C=O) groups is 3. The van der Waals surface area contributed by atoms with Crippen LogP contribution >= 0.6 is 0 Å². The lowest BCUT2D eigenvalue weighted by Crippen LogP contribution is -2.58. The molecule has 0 aliphatic heterocycles. The molecule has 0 aromatic heterocycles. The summed E-state index contributed by atoms with van der Waals surface area (Å²) in [6, 6.07) is -3.20. The third kappa shape index (κ3) is 9.37. The van der Waals surface area contributed by atoms with Gasteiger partial charge in [-0.3, -0.25) is 9.59 Å². The summed E-state index contributed by atoms with van der Waals surface area (Å²) in [6.45, 7) is 5.49. The zero-order valence-electron chi connectivity index (χ0n) is 15.2. The molecule has 25 heavy (non-hydrogen) atoms. The van der Waals surface area contributed by atoms with E-state index in [1.807, 2.05) is 13.8 Å². The van der Waals surface area contributed by atoms with Crippen molar-refractivity contribution in [3.05, 3.63) is 0 Å². The first kappa shape index (κ1) is 23.3. The number of hydrogen-bond acceptors (Lipinski definition) is 6. The Morgan fingerprint density at radius 2 is 1.64 bits per heavy atom. The van der Waals surface area contributed by atoms with Gasteiger partial charge >= 0.3 is 5.97 Å². The standard InChI is InChI=1S/C16H32N4O5/c1-9(2)8-12(16(24)25)19-15(23)13(10(3)21)20-14(22)11(18)6-4-5-7-17/h9-13,21H,4-8,17-18H2,1-3H3,(H,19,23)(H,20,22)(H,24,25). The maximum absolute atomic E-state index is 12.3. The van der Waals surface area contributed by atoms with Crippen molar-refractivity contribution in [2.24, 2.45) is 17.4 Å². The first-order valence-corrected chi connectivity index (χ1v) is 8.57. The molecule has 0 aliphatic carbocycles. The Morgan fingerprint density at radius 3 is 2.08 bits per heavy atom. The van der Waals surface area contributed by atoms with Gasteiger partial charge in [-0.1, -0.05) is 20.3 Å². The first-order valence-electron chi connectivity index (χ1n) is 8.57. The second kappa shape index (κ2) is 11.8. The smallest absolute Gasteiger partial charge is 0.326 e. The average Bonchev–Trinajstić information content (AvgIpc) is 2.50. The van der Waals surface area contributed by atoms with Gasteiger partial charge in [0.05, 0.1) is 12.1 Å². The van der Waals surface area contributed by atoms with Crippen LogP contribution in [0.3, 0.4) is 0 Å². The summed E-state index contributed by atoms with van der Waals surface area (Å²) in [6.07, 6.45) is 0.847. The maximum atomic E-state index is 12.3. The van der Waals surface area contributed by atoms with Crippen LogP contribution in [0, 0.1) is 5.92 Å². The van der Waals surface area contributed by atoms with Crippen molar-refractivity contribution in [1.82, 2.24) is 10.6 Å². The lowest BCUT2D eigenvalue weighted by Gasteiger charge is -2.25. The van der Waals surface area contributed by atoms with Crippen LogP contribution in [0.15, 0.2) is 0 Å². The summed E-state index contributed by atoms with van der Waals surface area (Å²) in [5, 5.41) is 23.7. The highest BCUT2D eigenvalue weighted by atomic mass is 16.4. The number of aliphatic hydroxyl groups excluding tert-OH is 1. The van der Waals surface area contributed by atoms with E-state index in [0.29, 0.717) is 19.4 Å². The number of nitrogens with two attached hydrogens (primary N) is 2. The molecular formula is C16H32N4O5. The molecule has 0 aromatic carbocycles. The third-order valence-electron chi connectivity index (χ3n) is 3.69. The van der Waals surface area contributed by atoms with Crippen molar-refractivity contribution in [2.75, 3.05) is 6.54 Å². The lowest BCUT2D eigenvalue weighted by atomic mass is 10.0. The van der Waals surface area contributed by atoms with Gasteiger partial charge in [-0.25, -0.2) is 4.79 Å². The number of unbranched alkanes of at least 4 members (excludes halogenated alkanes) is 1. The molecule has 0 radical (unpaired) electrons. The molecule has 2 amide bonds. The molecule has 0 bridgehead atoms. The van der Waals surface area contributed by atoms with Crippen LogP contribution < -0.4 is 22.1 Å². The highest BCUT2D eigenvalue weighted by molar-refractivity contribution is 5.92. The molecule has 0 saturated heterocycles. The van der Waals surface area contributed by atoms with Gasteiger partial charge in [0.25, 0.3) is 0 Å². The zero-order chi connectivity index (χ0) is 19.6. The highest BCUT2D eigenvalue weighted by Crippen LogP contribution is 2.06. The minimum absolute atomic E-state index is 0.0527. The van der Waals surface area contributed by atoms with E-state index < -0.39 is 42.0 Å². The predicted octanol–water partition coefficient (Wildman–Crippen LogP) is -1.08. The first-order chi connectivity index (χ1) is 11.6. The number of nitrogens with one attached hydrogen (secondary N) is 2. The summed E-state index contributed by atoms with van der Waals surface area (Å²) >= 11 is 0. The van der Waals surface area contributed by atoms with E-state index in [4.69, 9.17) is 11.5 Å². The topological polar surface area (TPSA) is 168 Å². The molecule has 8 N–H and O–H groups in total. The van der Waals surface area contributed by atoms with Gasteiger partial charge in [0.15, 0.2) is 0 Å². The van der Waals surface area contributed by atoms with E-state index in [1.165, 1.54) is 6.92 Å². The Kier molecular flexibility index (Phi) is 11.0. The Bertz CT molecular complexity index is 442. The van der Waals surface area contributed by atoms with Gasteiger partial charge in [-0.15, -0.1) is 0 Å². The fraction of sp³-hybridized carbons (Fsp3) is 0.812. The van der Waals surface area contributed by atoms with Gasteiger partial charge in [0, 0.05) is 0 Å². The third-order valence-corrected chi connectivity index (χ3v) is 3.69. The number of carboxylic acids is 1. The molecule has 0 rings (SSSR count). The quantitative estimate of drug-likeness (QED) is 0.241. The molecule has 9 heteroatoms. The highest BCUT2D eigenvalue weighted by Gasteiger charge is 2.31. The van der Waals surface area contributed by atoms with Crippen molar-refractivity contribution in [3.8, 4) is 0 Å². The predicted molar refractivity (Wildman–Crippen MR) is 93.5 cm³/mol. The van der Waals surface area contributed by atoms with Crippen LogP contribution in [0.5, 0.6) is 0 Å². The average molecular weight is 360 g/mol. The second-order valence-electron chi connectivity index (χ2n) is 6.65. The lowest BCUT2D eigenvalue weighted by molar-refractivity contribution is -0.143. The number of rotatable bonds is 12. The summed E-state index contributed by atoms with van der Waals surface area (Å²) in [4.78, 5) is 35.6. The molecule has 0 saturated carbocycles. The molecule has 146 valence electrons. The van der Waals surface area contributed by atoms with Crippen LogP contribution in [-0.4, -0.2) is 58.8 Å². The fourth-order valence-corrected chi connectivity index (χ4v) is 2.26. The number of hydrogen-bond donors (Lipinski definition) is 6.